The minimum atomic E-state index is -3.57. The van der Waals surface area contributed by atoms with E-state index in [1.54, 1.807) is 13.8 Å². The van der Waals surface area contributed by atoms with Gasteiger partial charge in [-0.05, 0) is 44.5 Å². The number of benzene rings is 1. The second-order valence-corrected chi connectivity index (χ2v) is 8.29. The molecule has 1 saturated heterocycles. The van der Waals surface area contributed by atoms with Crippen LogP contribution < -0.4 is 4.90 Å². The molecule has 1 aliphatic rings. The Morgan fingerprint density at radius 2 is 1.79 bits per heavy atom. The standard InChI is InChI=1S/C16H20ClN3O3S/c1-11-10-14(17)4-5-15(11)19-6-8-20(9-7-19)24(21,22)16-12(2)18-23-13(16)3/h4-5,10H,6-9H2,1-3H3. The molecule has 8 heteroatoms. The Labute approximate surface area is 147 Å². The molecule has 0 bridgehead atoms. The van der Waals surface area contributed by atoms with Crippen LogP contribution in [0.3, 0.4) is 0 Å². The van der Waals surface area contributed by atoms with Crippen LogP contribution in [0, 0.1) is 20.8 Å². The van der Waals surface area contributed by atoms with Gasteiger partial charge in [-0.2, -0.15) is 4.31 Å². The lowest BCUT2D eigenvalue weighted by molar-refractivity contribution is 0.378. The van der Waals surface area contributed by atoms with Crippen molar-refractivity contribution in [3.8, 4) is 0 Å². The molecule has 130 valence electrons. The third-order valence-corrected chi connectivity index (χ3v) is 6.68. The van der Waals surface area contributed by atoms with Crippen LogP contribution in [0.4, 0.5) is 5.69 Å². The molecule has 3 rings (SSSR count). The number of halogens is 1. The molecular formula is C16H20ClN3O3S. The maximum Gasteiger partial charge on any atom is 0.248 e. The SMILES string of the molecule is Cc1cc(Cl)ccc1N1CCN(S(=O)(=O)c2c(C)noc2C)CC1. The number of nitrogens with zero attached hydrogens (tertiary/aromatic N) is 3. The van der Waals surface area contributed by atoms with Crippen LogP contribution in [-0.2, 0) is 10.0 Å². The van der Waals surface area contributed by atoms with Crippen molar-refractivity contribution in [3.05, 3.63) is 40.2 Å². The Morgan fingerprint density at radius 3 is 2.33 bits per heavy atom. The van der Waals surface area contributed by atoms with Crippen molar-refractivity contribution < 1.29 is 12.9 Å². The maximum atomic E-state index is 12.8. The third kappa shape index (κ3) is 3.03. The van der Waals surface area contributed by atoms with Crippen LogP contribution in [0.15, 0.2) is 27.6 Å². The minimum absolute atomic E-state index is 0.193. The minimum Gasteiger partial charge on any atom is -0.369 e. The molecule has 2 aromatic rings. The molecule has 0 unspecified atom stereocenters. The van der Waals surface area contributed by atoms with E-state index in [0.717, 1.165) is 11.3 Å². The Hall–Kier alpha value is -1.57. The summed E-state index contributed by atoms with van der Waals surface area (Å²) in [6.45, 7) is 7.39. The zero-order valence-corrected chi connectivity index (χ0v) is 15.5. The molecule has 0 N–H and O–H groups in total. The van der Waals surface area contributed by atoms with Gasteiger partial charge in [-0.3, -0.25) is 0 Å². The first-order valence-corrected chi connectivity index (χ1v) is 9.56. The Kier molecular flexibility index (Phi) is 4.59. The normalized spacial score (nSPS) is 16.6. The molecule has 1 fully saturated rings. The fourth-order valence-electron chi connectivity index (χ4n) is 3.12. The van der Waals surface area contributed by atoms with Gasteiger partial charge >= 0.3 is 0 Å². The second kappa shape index (κ2) is 6.38. The van der Waals surface area contributed by atoms with Crippen molar-refractivity contribution in [1.82, 2.24) is 9.46 Å². The highest BCUT2D eigenvalue weighted by Crippen LogP contribution is 2.27. The van der Waals surface area contributed by atoms with Crippen LogP contribution >= 0.6 is 11.6 Å². The third-order valence-electron chi connectivity index (χ3n) is 4.30. The molecule has 0 saturated carbocycles. The lowest BCUT2D eigenvalue weighted by Crippen LogP contribution is -2.49. The topological polar surface area (TPSA) is 66.7 Å². The molecule has 0 amide bonds. The molecule has 1 aliphatic heterocycles. The van der Waals surface area contributed by atoms with E-state index in [1.165, 1.54) is 4.31 Å². The number of aromatic nitrogens is 1. The number of aryl methyl sites for hydroxylation is 3. The van der Waals surface area contributed by atoms with Crippen LogP contribution in [0.25, 0.3) is 0 Å². The Bertz CT molecular complexity index is 836. The molecule has 0 radical (unpaired) electrons. The Morgan fingerprint density at radius 1 is 1.12 bits per heavy atom. The molecule has 0 spiro atoms. The number of piperazine rings is 1. The summed E-state index contributed by atoms with van der Waals surface area (Å²) in [5.41, 5.74) is 2.58. The summed E-state index contributed by atoms with van der Waals surface area (Å²) in [7, 11) is -3.57. The number of hydrogen-bond donors (Lipinski definition) is 0. The molecule has 0 aliphatic carbocycles. The van der Waals surface area contributed by atoms with Crippen molar-refractivity contribution in [2.75, 3.05) is 31.1 Å². The molecular weight excluding hydrogens is 350 g/mol. The van der Waals surface area contributed by atoms with Crippen LogP contribution in [0.2, 0.25) is 5.02 Å². The summed E-state index contributed by atoms with van der Waals surface area (Å²) in [5, 5.41) is 4.46. The molecule has 0 atom stereocenters. The first-order valence-electron chi connectivity index (χ1n) is 7.75. The van der Waals surface area contributed by atoms with E-state index < -0.39 is 10.0 Å². The molecule has 2 heterocycles. The summed E-state index contributed by atoms with van der Waals surface area (Å²) in [4.78, 5) is 2.38. The van der Waals surface area contributed by atoms with E-state index in [1.807, 2.05) is 25.1 Å². The van der Waals surface area contributed by atoms with Crippen LogP contribution in [0.1, 0.15) is 17.0 Å². The quantitative estimate of drug-likeness (QED) is 0.832. The van der Waals surface area contributed by atoms with Crippen LogP contribution in [0.5, 0.6) is 0 Å². The van der Waals surface area contributed by atoms with Crippen molar-refractivity contribution >= 4 is 27.3 Å². The summed E-state index contributed by atoms with van der Waals surface area (Å²) in [6.07, 6.45) is 0. The van der Waals surface area contributed by atoms with Gasteiger partial charge < -0.3 is 9.42 Å². The zero-order valence-electron chi connectivity index (χ0n) is 13.9. The van der Waals surface area contributed by atoms with E-state index in [-0.39, 0.29) is 4.90 Å². The lowest BCUT2D eigenvalue weighted by Gasteiger charge is -2.36. The summed E-state index contributed by atoms with van der Waals surface area (Å²) in [5.74, 6) is 0.337. The smallest absolute Gasteiger partial charge is 0.248 e. The summed E-state index contributed by atoms with van der Waals surface area (Å²) in [6, 6.07) is 5.76. The van der Waals surface area contributed by atoms with E-state index in [4.69, 9.17) is 16.1 Å². The largest absolute Gasteiger partial charge is 0.369 e. The Balaban J connectivity index is 1.78. The van der Waals surface area contributed by atoms with Gasteiger partial charge in [0.05, 0.1) is 0 Å². The van der Waals surface area contributed by atoms with Gasteiger partial charge in [-0.15, -0.1) is 0 Å². The van der Waals surface area contributed by atoms with Gasteiger partial charge in [0.15, 0.2) is 5.76 Å². The van der Waals surface area contributed by atoms with Gasteiger partial charge in [0.1, 0.15) is 10.6 Å². The average Bonchev–Trinajstić information content (AvgIpc) is 2.87. The number of anilines is 1. The van der Waals surface area contributed by atoms with Crippen LogP contribution in [-0.4, -0.2) is 44.1 Å². The van der Waals surface area contributed by atoms with Gasteiger partial charge in [-0.1, -0.05) is 16.8 Å². The predicted molar refractivity (Wildman–Crippen MR) is 93.1 cm³/mol. The molecule has 24 heavy (non-hydrogen) atoms. The van der Waals surface area contributed by atoms with Crippen molar-refractivity contribution in [3.63, 3.8) is 0 Å². The predicted octanol–water partition coefficient (Wildman–Crippen LogP) is 2.76. The van der Waals surface area contributed by atoms with Gasteiger partial charge in [-0.25, -0.2) is 8.42 Å². The molecule has 6 nitrogen and oxygen atoms in total. The fraction of sp³-hybridized carbons (Fsp3) is 0.438. The summed E-state index contributed by atoms with van der Waals surface area (Å²) >= 11 is 6.00. The van der Waals surface area contributed by atoms with E-state index in [2.05, 4.69) is 10.1 Å². The zero-order chi connectivity index (χ0) is 17.5. The van der Waals surface area contributed by atoms with Gasteiger partial charge in [0.2, 0.25) is 10.0 Å². The summed E-state index contributed by atoms with van der Waals surface area (Å²) < 4.78 is 32.2. The monoisotopic (exact) mass is 369 g/mol. The molecule has 1 aromatic carbocycles. The van der Waals surface area contributed by atoms with Crippen molar-refractivity contribution in [1.29, 1.82) is 0 Å². The first-order chi connectivity index (χ1) is 11.3. The van der Waals surface area contributed by atoms with Gasteiger partial charge in [0.25, 0.3) is 0 Å². The van der Waals surface area contributed by atoms with E-state index in [0.29, 0.717) is 42.7 Å². The van der Waals surface area contributed by atoms with Gasteiger partial charge in [0, 0.05) is 36.9 Å². The fourth-order valence-corrected chi connectivity index (χ4v) is 5.06. The highest BCUT2D eigenvalue weighted by Gasteiger charge is 2.33. The maximum absolute atomic E-state index is 12.8. The lowest BCUT2D eigenvalue weighted by atomic mass is 10.1. The number of sulfonamides is 1. The number of rotatable bonds is 3. The van der Waals surface area contributed by atoms with Crippen molar-refractivity contribution in [2.24, 2.45) is 0 Å². The first kappa shape index (κ1) is 17.3. The molecule has 1 aromatic heterocycles. The van der Waals surface area contributed by atoms with Crippen molar-refractivity contribution in [2.45, 2.75) is 25.7 Å². The van der Waals surface area contributed by atoms with E-state index >= 15 is 0 Å². The highest BCUT2D eigenvalue weighted by molar-refractivity contribution is 7.89. The second-order valence-electron chi connectivity index (χ2n) is 5.98. The number of hydrogen-bond acceptors (Lipinski definition) is 5. The van der Waals surface area contributed by atoms with E-state index in [9.17, 15) is 8.42 Å². The highest BCUT2D eigenvalue weighted by atomic mass is 35.5. The average molecular weight is 370 g/mol.